The molecule has 3 rings (SSSR count). The van der Waals surface area contributed by atoms with E-state index in [1.165, 1.54) is 6.20 Å². The third-order valence-electron chi connectivity index (χ3n) is 3.22. The van der Waals surface area contributed by atoms with Gasteiger partial charge in [-0.25, -0.2) is 4.52 Å². The van der Waals surface area contributed by atoms with Gasteiger partial charge in [0, 0.05) is 25.4 Å². The second kappa shape index (κ2) is 3.97. The first-order valence-corrected chi connectivity index (χ1v) is 6.04. The van der Waals surface area contributed by atoms with E-state index in [-0.39, 0.29) is 17.0 Å². The number of carbonyl (C=O) groups excluding carboxylic acids is 1. The molecule has 1 N–H and O–H groups in total. The topological polar surface area (TPSA) is 70.5 Å². The number of fused-ring (bicyclic) bond motifs is 1. The number of hydrogen-bond acceptors (Lipinski definition) is 3. The summed E-state index contributed by atoms with van der Waals surface area (Å²) in [4.78, 5) is 28.5. The first-order chi connectivity index (χ1) is 8.65. The van der Waals surface area contributed by atoms with Crippen LogP contribution in [0.15, 0.2) is 17.1 Å². The molecule has 94 valence electrons. The van der Waals surface area contributed by atoms with Crippen LogP contribution >= 0.6 is 0 Å². The lowest BCUT2D eigenvalue weighted by Gasteiger charge is -2.14. The Bertz CT molecular complexity index is 664. The molecule has 0 atom stereocenters. The van der Waals surface area contributed by atoms with Gasteiger partial charge in [0.05, 0.1) is 5.69 Å². The fraction of sp³-hybridized carbons (Fsp3) is 0.417. The van der Waals surface area contributed by atoms with Gasteiger partial charge in [0.25, 0.3) is 11.5 Å². The number of carbonyl (C=O) groups is 1. The summed E-state index contributed by atoms with van der Waals surface area (Å²) in [6.45, 7) is 3.30. The van der Waals surface area contributed by atoms with Crippen molar-refractivity contribution >= 4 is 11.6 Å². The van der Waals surface area contributed by atoms with Crippen LogP contribution in [0.25, 0.3) is 5.65 Å². The fourth-order valence-corrected chi connectivity index (χ4v) is 2.32. The Morgan fingerprint density at radius 3 is 2.83 bits per heavy atom. The maximum atomic E-state index is 12.2. The molecule has 0 aromatic carbocycles. The lowest BCUT2D eigenvalue weighted by molar-refractivity contribution is 0.0790. The van der Waals surface area contributed by atoms with Gasteiger partial charge in [-0.3, -0.25) is 9.59 Å². The molecule has 6 nitrogen and oxygen atoms in total. The summed E-state index contributed by atoms with van der Waals surface area (Å²) in [6.07, 6.45) is 3.53. The average Bonchev–Trinajstić information content (AvgIpc) is 2.94. The molecule has 1 aliphatic heterocycles. The first-order valence-electron chi connectivity index (χ1n) is 6.04. The van der Waals surface area contributed by atoms with E-state index in [0.717, 1.165) is 31.6 Å². The average molecular weight is 246 g/mol. The van der Waals surface area contributed by atoms with Crippen LogP contribution < -0.4 is 5.56 Å². The molecule has 18 heavy (non-hydrogen) atoms. The smallest absolute Gasteiger partial charge is 0.264 e. The first kappa shape index (κ1) is 11.0. The van der Waals surface area contributed by atoms with E-state index in [9.17, 15) is 9.59 Å². The van der Waals surface area contributed by atoms with Crippen LogP contribution in [-0.4, -0.2) is 38.5 Å². The minimum atomic E-state index is -0.348. The van der Waals surface area contributed by atoms with Gasteiger partial charge in [-0.2, -0.15) is 5.10 Å². The highest BCUT2D eigenvalue weighted by Crippen LogP contribution is 2.11. The highest BCUT2D eigenvalue weighted by molar-refractivity contribution is 5.93. The molecule has 1 amide bonds. The third-order valence-corrected chi connectivity index (χ3v) is 3.22. The maximum Gasteiger partial charge on any atom is 0.264 e. The van der Waals surface area contributed by atoms with E-state index >= 15 is 0 Å². The predicted molar refractivity (Wildman–Crippen MR) is 65.7 cm³/mol. The minimum Gasteiger partial charge on any atom is -0.338 e. The van der Waals surface area contributed by atoms with E-state index < -0.39 is 0 Å². The molecule has 6 heteroatoms. The summed E-state index contributed by atoms with van der Waals surface area (Å²) in [7, 11) is 0. The molecule has 1 fully saturated rings. The van der Waals surface area contributed by atoms with Crippen molar-refractivity contribution < 1.29 is 4.79 Å². The number of amides is 1. The van der Waals surface area contributed by atoms with Crippen LogP contribution in [0.4, 0.5) is 0 Å². The number of rotatable bonds is 1. The highest BCUT2D eigenvalue weighted by atomic mass is 16.2. The molecular formula is C12H14N4O2. The predicted octanol–water partition coefficient (Wildman–Crippen LogP) is 0.567. The van der Waals surface area contributed by atoms with Crippen molar-refractivity contribution in [3.63, 3.8) is 0 Å². The molecule has 1 aliphatic rings. The van der Waals surface area contributed by atoms with Crippen molar-refractivity contribution in [3.05, 3.63) is 33.9 Å². The van der Waals surface area contributed by atoms with E-state index in [4.69, 9.17) is 0 Å². The molecule has 0 radical (unpaired) electrons. The summed E-state index contributed by atoms with van der Waals surface area (Å²) in [6, 6.07) is 1.77. The maximum absolute atomic E-state index is 12.2. The molecule has 0 spiro atoms. The standard InChI is InChI=1S/C12H14N4O2/c1-8-6-10-13-11(17)9(7-16(10)14-8)12(18)15-4-2-3-5-15/h6-7H,2-5H2,1H3,(H,13,17). The van der Waals surface area contributed by atoms with Crippen molar-refractivity contribution in [3.8, 4) is 0 Å². The Morgan fingerprint density at radius 1 is 1.39 bits per heavy atom. The molecule has 0 aliphatic carbocycles. The number of nitrogens with one attached hydrogen (secondary N) is 1. The molecule has 0 unspecified atom stereocenters. The zero-order chi connectivity index (χ0) is 12.7. The minimum absolute atomic E-state index is 0.160. The van der Waals surface area contributed by atoms with E-state index in [0.29, 0.717) is 5.65 Å². The molecule has 0 saturated carbocycles. The van der Waals surface area contributed by atoms with Gasteiger partial charge in [0.1, 0.15) is 11.2 Å². The second-order valence-electron chi connectivity index (χ2n) is 4.61. The summed E-state index contributed by atoms with van der Waals surface area (Å²) < 4.78 is 1.54. The second-order valence-corrected chi connectivity index (χ2v) is 4.61. The van der Waals surface area contributed by atoms with Crippen molar-refractivity contribution in [1.29, 1.82) is 0 Å². The van der Waals surface area contributed by atoms with Crippen molar-refractivity contribution in [2.75, 3.05) is 13.1 Å². The summed E-state index contributed by atoms with van der Waals surface area (Å²) in [5.41, 5.74) is 1.22. The summed E-state index contributed by atoms with van der Waals surface area (Å²) in [5.74, 6) is -0.205. The van der Waals surface area contributed by atoms with Crippen LogP contribution in [0, 0.1) is 6.92 Å². The van der Waals surface area contributed by atoms with Crippen LogP contribution in [0.2, 0.25) is 0 Å². The number of hydrogen-bond donors (Lipinski definition) is 1. The Morgan fingerprint density at radius 2 is 2.11 bits per heavy atom. The van der Waals surface area contributed by atoms with Crippen molar-refractivity contribution in [1.82, 2.24) is 19.5 Å². The Kier molecular flexibility index (Phi) is 2.43. The summed E-state index contributed by atoms with van der Waals surface area (Å²) >= 11 is 0. The molecule has 2 aromatic rings. The number of aromatic amines is 1. The van der Waals surface area contributed by atoms with E-state index in [2.05, 4.69) is 10.1 Å². The Labute approximate surface area is 103 Å². The molecular weight excluding hydrogens is 232 g/mol. The van der Waals surface area contributed by atoms with E-state index in [1.807, 2.05) is 6.92 Å². The van der Waals surface area contributed by atoms with Crippen molar-refractivity contribution in [2.45, 2.75) is 19.8 Å². The van der Waals surface area contributed by atoms with E-state index in [1.54, 1.807) is 15.5 Å². The fourth-order valence-electron chi connectivity index (χ4n) is 2.32. The van der Waals surface area contributed by atoms with Crippen molar-refractivity contribution in [2.24, 2.45) is 0 Å². The van der Waals surface area contributed by atoms with Gasteiger partial charge in [-0.1, -0.05) is 0 Å². The molecule has 0 bridgehead atoms. The number of likely N-dealkylation sites (tertiary alicyclic amines) is 1. The van der Waals surface area contributed by atoms with Crippen LogP contribution in [0.5, 0.6) is 0 Å². The Balaban J connectivity index is 2.07. The lowest BCUT2D eigenvalue weighted by atomic mass is 10.3. The molecule has 2 aromatic heterocycles. The van der Waals surface area contributed by atoms with Gasteiger partial charge in [0.15, 0.2) is 0 Å². The number of aromatic nitrogens is 3. The summed E-state index contributed by atoms with van der Waals surface area (Å²) in [5, 5.41) is 4.20. The van der Waals surface area contributed by atoms with Gasteiger partial charge in [-0.15, -0.1) is 0 Å². The van der Waals surface area contributed by atoms with Crippen LogP contribution in [0.1, 0.15) is 28.9 Å². The normalized spacial score (nSPS) is 15.5. The van der Waals surface area contributed by atoms with Gasteiger partial charge < -0.3 is 9.88 Å². The third kappa shape index (κ3) is 1.70. The Hall–Kier alpha value is -2.11. The van der Waals surface area contributed by atoms with Gasteiger partial charge in [0.2, 0.25) is 0 Å². The largest absolute Gasteiger partial charge is 0.338 e. The van der Waals surface area contributed by atoms with Gasteiger partial charge >= 0.3 is 0 Å². The zero-order valence-electron chi connectivity index (χ0n) is 10.1. The van der Waals surface area contributed by atoms with Crippen LogP contribution in [-0.2, 0) is 0 Å². The zero-order valence-corrected chi connectivity index (χ0v) is 10.1. The lowest BCUT2D eigenvalue weighted by Crippen LogP contribution is -2.33. The number of nitrogens with zero attached hydrogens (tertiary/aromatic N) is 3. The number of aryl methyl sites for hydroxylation is 1. The highest BCUT2D eigenvalue weighted by Gasteiger charge is 2.22. The van der Waals surface area contributed by atoms with Gasteiger partial charge in [-0.05, 0) is 19.8 Å². The van der Waals surface area contributed by atoms with Crippen LogP contribution in [0.3, 0.4) is 0 Å². The molecule has 3 heterocycles. The quantitative estimate of drug-likeness (QED) is 0.799. The number of H-pyrrole nitrogens is 1. The SMILES string of the molecule is Cc1cc2[nH]c(=O)c(C(=O)N3CCCC3)cn2n1. The molecule has 1 saturated heterocycles. The monoisotopic (exact) mass is 246 g/mol.